The van der Waals surface area contributed by atoms with Gasteiger partial charge in [-0.05, 0) is 18.2 Å². The lowest BCUT2D eigenvalue weighted by Gasteiger charge is -2.04. The van der Waals surface area contributed by atoms with Crippen molar-refractivity contribution in [3.8, 4) is 21.8 Å². The highest BCUT2D eigenvalue weighted by Crippen LogP contribution is 2.39. The fourth-order valence-corrected chi connectivity index (χ4v) is 5.16. The summed E-state index contributed by atoms with van der Waals surface area (Å²) >= 11 is 4.91. The van der Waals surface area contributed by atoms with E-state index in [1.54, 1.807) is 6.33 Å². The van der Waals surface area contributed by atoms with Gasteiger partial charge in [0.05, 0.1) is 22.6 Å². The van der Waals surface area contributed by atoms with Crippen LogP contribution in [0.3, 0.4) is 0 Å². The number of hydrogen-bond donors (Lipinski definition) is 0. The first-order valence-electron chi connectivity index (χ1n) is 7.57. The topological polar surface area (TPSA) is 77.7 Å². The van der Waals surface area contributed by atoms with Crippen LogP contribution in [0.1, 0.15) is 0 Å². The van der Waals surface area contributed by atoms with E-state index in [1.807, 2.05) is 41.9 Å². The lowest BCUT2D eigenvalue weighted by molar-refractivity contribution is 0.599. The van der Waals surface area contributed by atoms with Crippen LogP contribution in [0.5, 0.6) is 0 Å². The highest BCUT2D eigenvalue weighted by atomic mass is 79.9. The number of thiophene rings is 1. The van der Waals surface area contributed by atoms with Crippen molar-refractivity contribution in [1.29, 1.82) is 0 Å². The van der Waals surface area contributed by atoms with Gasteiger partial charge in [-0.1, -0.05) is 28.1 Å². The summed E-state index contributed by atoms with van der Waals surface area (Å²) in [6.45, 7) is 0. The molecule has 0 aliphatic heterocycles. The summed E-state index contributed by atoms with van der Waals surface area (Å²) in [4.78, 5) is 14.3. The first kappa shape index (κ1) is 17.3. The van der Waals surface area contributed by atoms with Crippen LogP contribution < -0.4 is 0 Å². The number of rotatable bonds is 3. The number of nitrogens with zero attached hydrogens (tertiary/aromatic N) is 4. The normalized spacial score (nSPS) is 12.0. The maximum atomic E-state index is 12.0. The van der Waals surface area contributed by atoms with Gasteiger partial charge in [-0.2, -0.15) is 0 Å². The van der Waals surface area contributed by atoms with Gasteiger partial charge in [0, 0.05) is 28.7 Å². The zero-order valence-electron chi connectivity index (χ0n) is 13.8. The molecule has 3 heterocycles. The maximum absolute atomic E-state index is 12.0. The molecule has 1 aromatic carbocycles. The first-order chi connectivity index (χ1) is 12.3. The SMILES string of the molecule is Cn1cnc(-c2cccc(Br)c2)c1-c1cc2c(S(C)(=O)=O)ncnc2s1. The summed E-state index contributed by atoms with van der Waals surface area (Å²) in [5.74, 6) is 0. The van der Waals surface area contributed by atoms with Crippen molar-refractivity contribution in [1.82, 2.24) is 19.5 Å². The van der Waals surface area contributed by atoms with E-state index in [9.17, 15) is 8.42 Å². The average Bonchev–Trinajstić information content (AvgIpc) is 3.16. The molecule has 26 heavy (non-hydrogen) atoms. The molecule has 0 atom stereocenters. The van der Waals surface area contributed by atoms with Crippen molar-refractivity contribution in [3.63, 3.8) is 0 Å². The molecule has 3 aromatic heterocycles. The minimum Gasteiger partial charge on any atom is -0.333 e. The Morgan fingerprint density at radius 3 is 2.69 bits per heavy atom. The Kier molecular flexibility index (Phi) is 4.17. The van der Waals surface area contributed by atoms with Crippen LogP contribution in [0.4, 0.5) is 0 Å². The van der Waals surface area contributed by atoms with E-state index in [4.69, 9.17) is 0 Å². The van der Waals surface area contributed by atoms with Crippen molar-refractivity contribution in [2.24, 2.45) is 7.05 Å². The smallest absolute Gasteiger partial charge is 0.193 e. The molecule has 4 aromatic rings. The van der Waals surface area contributed by atoms with Crippen LogP contribution in [-0.2, 0) is 16.9 Å². The van der Waals surface area contributed by atoms with Gasteiger partial charge in [0.2, 0.25) is 0 Å². The van der Waals surface area contributed by atoms with Crippen molar-refractivity contribution in [2.75, 3.05) is 6.26 Å². The minimum atomic E-state index is -3.44. The molecule has 0 saturated carbocycles. The number of aryl methyl sites for hydroxylation is 1. The Morgan fingerprint density at radius 2 is 1.96 bits per heavy atom. The van der Waals surface area contributed by atoms with Crippen LogP contribution >= 0.6 is 27.3 Å². The predicted molar refractivity (Wildman–Crippen MR) is 106 cm³/mol. The molecular weight excluding hydrogens is 436 g/mol. The van der Waals surface area contributed by atoms with Crippen LogP contribution in [-0.4, -0.2) is 34.2 Å². The van der Waals surface area contributed by atoms with Gasteiger partial charge in [-0.15, -0.1) is 11.3 Å². The quantitative estimate of drug-likeness (QED) is 0.443. The van der Waals surface area contributed by atoms with Crippen LogP contribution in [0, 0.1) is 0 Å². The number of hydrogen-bond acceptors (Lipinski definition) is 6. The van der Waals surface area contributed by atoms with Gasteiger partial charge in [-0.25, -0.2) is 23.4 Å². The summed E-state index contributed by atoms with van der Waals surface area (Å²) < 4.78 is 26.9. The zero-order valence-corrected chi connectivity index (χ0v) is 17.1. The van der Waals surface area contributed by atoms with E-state index in [0.717, 1.165) is 32.6 Å². The summed E-state index contributed by atoms with van der Waals surface area (Å²) in [6, 6.07) is 9.73. The molecule has 4 rings (SSSR count). The summed E-state index contributed by atoms with van der Waals surface area (Å²) in [5, 5.41) is 0.590. The molecule has 0 aliphatic rings. The lowest BCUT2D eigenvalue weighted by atomic mass is 10.1. The maximum Gasteiger partial charge on any atom is 0.193 e. The van der Waals surface area contributed by atoms with Crippen LogP contribution in [0.15, 0.2) is 52.5 Å². The van der Waals surface area contributed by atoms with E-state index < -0.39 is 9.84 Å². The minimum absolute atomic E-state index is 0.0520. The number of sulfone groups is 1. The second-order valence-electron chi connectivity index (χ2n) is 5.84. The largest absolute Gasteiger partial charge is 0.333 e. The van der Waals surface area contributed by atoms with Crippen LogP contribution in [0.25, 0.3) is 32.0 Å². The molecular formula is C17H13BrN4O2S2. The summed E-state index contributed by atoms with van der Waals surface area (Å²) in [6.07, 6.45) is 4.19. The highest BCUT2D eigenvalue weighted by Gasteiger charge is 2.20. The standard InChI is InChI=1S/C17H13BrN4O2S2/c1-22-9-21-14(10-4-3-5-11(18)6-10)15(22)13-7-12-16(25-13)19-8-20-17(12)26(2,23)24/h3-9H,1-2H3. The molecule has 132 valence electrons. The van der Waals surface area contributed by atoms with E-state index in [2.05, 4.69) is 30.9 Å². The number of aromatic nitrogens is 4. The highest BCUT2D eigenvalue weighted by molar-refractivity contribution is 9.10. The summed E-state index contributed by atoms with van der Waals surface area (Å²) in [7, 11) is -1.52. The molecule has 0 radical (unpaired) electrons. The third kappa shape index (κ3) is 2.95. The van der Waals surface area contributed by atoms with E-state index in [1.165, 1.54) is 17.7 Å². The molecule has 0 aliphatic carbocycles. The second-order valence-corrected chi connectivity index (χ2v) is 9.72. The van der Waals surface area contributed by atoms with Crippen LogP contribution in [0.2, 0.25) is 0 Å². The van der Waals surface area contributed by atoms with Crippen molar-refractivity contribution in [2.45, 2.75) is 5.03 Å². The Labute approximate surface area is 162 Å². The molecule has 0 fully saturated rings. The van der Waals surface area contributed by atoms with Crippen molar-refractivity contribution in [3.05, 3.63) is 47.5 Å². The van der Waals surface area contributed by atoms with Gasteiger partial charge in [0.25, 0.3) is 0 Å². The van der Waals surface area contributed by atoms with Gasteiger partial charge in [0.15, 0.2) is 14.9 Å². The lowest BCUT2D eigenvalue weighted by Crippen LogP contribution is -2.00. The fraction of sp³-hybridized carbons (Fsp3) is 0.118. The third-order valence-electron chi connectivity index (χ3n) is 3.91. The Hall–Kier alpha value is -2.10. The van der Waals surface area contributed by atoms with Gasteiger partial charge >= 0.3 is 0 Å². The van der Waals surface area contributed by atoms with Crippen molar-refractivity contribution < 1.29 is 8.42 Å². The Morgan fingerprint density at radius 1 is 1.15 bits per heavy atom. The fourth-order valence-electron chi connectivity index (χ4n) is 2.81. The molecule has 0 N–H and O–H groups in total. The molecule has 9 heteroatoms. The first-order valence-corrected chi connectivity index (χ1v) is 11.1. The number of imidazole rings is 1. The molecule has 0 unspecified atom stereocenters. The molecule has 0 saturated heterocycles. The Bertz CT molecular complexity index is 1240. The Balaban J connectivity index is 1.96. The average molecular weight is 449 g/mol. The number of halogens is 1. The number of benzene rings is 1. The predicted octanol–water partition coefficient (Wildman–Crippen LogP) is 3.92. The molecule has 0 bridgehead atoms. The van der Waals surface area contributed by atoms with Gasteiger partial charge in [-0.3, -0.25) is 0 Å². The van der Waals surface area contributed by atoms with Crippen molar-refractivity contribution >= 4 is 47.3 Å². The zero-order chi connectivity index (χ0) is 18.5. The third-order valence-corrected chi connectivity index (χ3v) is 6.48. The van der Waals surface area contributed by atoms with E-state index in [0.29, 0.717) is 10.2 Å². The monoisotopic (exact) mass is 448 g/mol. The molecule has 0 amide bonds. The second kappa shape index (κ2) is 6.26. The van der Waals surface area contributed by atoms with E-state index in [-0.39, 0.29) is 5.03 Å². The number of fused-ring (bicyclic) bond motifs is 1. The molecule has 6 nitrogen and oxygen atoms in total. The van der Waals surface area contributed by atoms with Gasteiger partial charge < -0.3 is 4.57 Å². The molecule has 0 spiro atoms. The van der Waals surface area contributed by atoms with E-state index >= 15 is 0 Å². The van der Waals surface area contributed by atoms with Gasteiger partial charge in [0.1, 0.15) is 11.2 Å². The summed E-state index contributed by atoms with van der Waals surface area (Å²) in [5.41, 5.74) is 2.71.